The van der Waals surface area contributed by atoms with Gasteiger partial charge in [0.1, 0.15) is 0 Å². The first-order chi connectivity index (χ1) is 14.4. The molecular weight excluding hydrogens is 386 g/mol. The third-order valence-corrected chi connectivity index (χ3v) is 3.96. The monoisotopic (exact) mass is 411 g/mol. The van der Waals surface area contributed by atoms with Crippen molar-refractivity contribution in [3.05, 3.63) is 54.6 Å². The van der Waals surface area contributed by atoms with E-state index in [0.29, 0.717) is 23.6 Å². The summed E-state index contributed by atoms with van der Waals surface area (Å²) in [6.45, 7) is 3.55. The number of nitrogens with one attached hydrogen (secondary N) is 4. The number of anilines is 3. The van der Waals surface area contributed by atoms with E-state index in [-0.39, 0.29) is 24.9 Å². The van der Waals surface area contributed by atoms with E-state index in [0.717, 1.165) is 0 Å². The van der Waals surface area contributed by atoms with Gasteiger partial charge in [0.15, 0.2) is 0 Å². The van der Waals surface area contributed by atoms with E-state index in [1.807, 2.05) is 13.0 Å². The fourth-order valence-electron chi connectivity index (χ4n) is 2.58. The van der Waals surface area contributed by atoms with Crippen molar-refractivity contribution in [1.29, 1.82) is 0 Å². The molecular formula is C21H25N5O4. The molecule has 0 heterocycles. The lowest BCUT2D eigenvalue weighted by atomic mass is 10.2. The number of likely N-dealkylation sites (N-methyl/N-ethyl adjacent to an activating group) is 1. The smallest absolute Gasteiger partial charge is 0.325 e. The molecule has 0 bridgehead atoms. The second kappa shape index (κ2) is 11.3. The molecule has 2 rings (SSSR count). The zero-order valence-corrected chi connectivity index (χ0v) is 16.9. The van der Waals surface area contributed by atoms with E-state index in [2.05, 4.69) is 21.3 Å². The van der Waals surface area contributed by atoms with Crippen LogP contribution in [0.5, 0.6) is 0 Å². The maximum absolute atomic E-state index is 12.3. The average Bonchev–Trinajstić information content (AvgIpc) is 2.69. The second-order valence-electron chi connectivity index (χ2n) is 6.48. The Kier molecular flexibility index (Phi) is 8.52. The molecule has 158 valence electrons. The fraction of sp³-hybridized carbons (Fsp3) is 0.238. The van der Waals surface area contributed by atoms with Gasteiger partial charge in [0, 0.05) is 24.0 Å². The lowest BCUT2D eigenvalue weighted by molar-refractivity contribution is -0.122. The van der Waals surface area contributed by atoms with Crippen LogP contribution in [0.3, 0.4) is 0 Å². The Hall–Kier alpha value is -3.72. The highest BCUT2D eigenvalue weighted by Gasteiger charge is 2.15. The van der Waals surface area contributed by atoms with Gasteiger partial charge >= 0.3 is 6.03 Å². The average molecular weight is 411 g/mol. The van der Waals surface area contributed by atoms with Crippen molar-refractivity contribution < 1.29 is 19.2 Å². The van der Waals surface area contributed by atoms with Crippen LogP contribution in [0.2, 0.25) is 0 Å². The molecule has 0 aromatic heterocycles. The molecule has 0 aliphatic rings. The number of benzene rings is 2. The third-order valence-electron chi connectivity index (χ3n) is 3.96. The summed E-state index contributed by atoms with van der Waals surface area (Å²) in [6.07, 6.45) is 0. The molecule has 0 fully saturated rings. The van der Waals surface area contributed by atoms with E-state index >= 15 is 0 Å². The van der Waals surface area contributed by atoms with Crippen molar-refractivity contribution in [2.75, 3.05) is 35.6 Å². The number of para-hydroxylation sites is 1. The molecule has 9 heteroatoms. The number of amides is 5. The normalized spacial score (nSPS) is 10.2. The van der Waals surface area contributed by atoms with Gasteiger partial charge in [0.25, 0.3) is 0 Å². The number of imide groups is 1. The zero-order chi connectivity index (χ0) is 21.9. The highest BCUT2D eigenvalue weighted by Crippen LogP contribution is 2.13. The molecule has 2 aromatic carbocycles. The van der Waals surface area contributed by atoms with Crippen molar-refractivity contribution in [1.82, 2.24) is 10.2 Å². The first-order valence-corrected chi connectivity index (χ1v) is 9.41. The number of carbonyl (C=O) groups is 4. The van der Waals surface area contributed by atoms with Crippen LogP contribution < -0.4 is 21.3 Å². The Morgan fingerprint density at radius 2 is 1.27 bits per heavy atom. The summed E-state index contributed by atoms with van der Waals surface area (Å²) in [5.41, 5.74) is 1.76. The van der Waals surface area contributed by atoms with Crippen molar-refractivity contribution in [3.63, 3.8) is 0 Å². The second-order valence-corrected chi connectivity index (χ2v) is 6.48. The van der Waals surface area contributed by atoms with Gasteiger partial charge < -0.3 is 16.0 Å². The zero-order valence-electron chi connectivity index (χ0n) is 16.9. The third kappa shape index (κ3) is 8.11. The van der Waals surface area contributed by atoms with E-state index < -0.39 is 11.9 Å². The van der Waals surface area contributed by atoms with Crippen LogP contribution in [0.15, 0.2) is 54.6 Å². The Balaban J connectivity index is 1.79. The number of carbonyl (C=O) groups excluding carboxylic acids is 4. The molecule has 0 atom stereocenters. The molecule has 9 nitrogen and oxygen atoms in total. The van der Waals surface area contributed by atoms with Crippen molar-refractivity contribution in [2.45, 2.75) is 13.8 Å². The first-order valence-electron chi connectivity index (χ1n) is 9.41. The highest BCUT2D eigenvalue weighted by atomic mass is 16.2. The summed E-state index contributed by atoms with van der Waals surface area (Å²) in [4.78, 5) is 48.9. The summed E-state index contributed by atoms with van der Waals surface area (Å²) >= 11 is 0. The van der Waals surface area contributed by atoms with E-state index in [9.17, 15) is 19.2 Å². The Morgan fingerprint density at radius 3 is 1.83 bits per heavy atom. The molecule has 0 saturated carbocycles. The Bertz CT molecular complexity index is 884. The highest BCUT2D eigenvalue weighted by molar-refractivity contribution is 6.02. The van der Waals surface area contributed by atoms with Gasteiger partial charge in [-0.2, -0.15) is 0 Å². The van der Waals surface area contributed by atoms with Gasteiger partial charge in [0.05, 0.1) is 13.1 Å². The predicted octanol–water partition coefficient (Wildman–Crippen LogP) is 2.25. The molecule has 4 N–H and O–H groups in total. The van der Waals surface area contributed by atoms with Gasteiger partial charge in [-0.05, 0) is 42.9 Å². The van der Waals surface area contributed by atoms with Gasteiger partial charge in [-0.25, -0.2) is 4.79 Å². The molecule has 2 aromatic rings. The predicted molar refractivity (Wildman–Crippen MR) is 115 cm³/mol. The topological polar surface area (TPSA) is 120 Å². The van der Waals surface area contributed by atoms with Crippen LogP contribution in [-0.2, 0) is 14.4 Å². The van der Waals surface area contributed by atoms with E-state index in [1.165, 1.54) is 6.92 Å². The van der Waals surface area contributed by atoms with Gasteiger partial charge in [0.2, 0.25) is 17.7 Å². The molecule has 0 aliphatic carbocycles. The van der Waals surface area contributed by atoms with Crippen molar-refractivity contribution in [3.8, 4) is 0 Å². The maximum atomic E-state index is 12.3. The number of urea groups is 1. The SMILES string of the molecule is CCN(CC(=O)NC(=O)Nc1ccccc1)CC(=O)Nc1ccc(NC(C)=O)cc1. The Labute approximate surface area is 174 Å². The Morgan fingerprint density at radius 1 is 0.733 bits per heavy atom. The lowest BCUT2D eigenvalue weighted by Crippen LogP contribution is -2.44. The van der Waals surface area contributed by atoms with Crippen LogP contribution in [-0.4, -0.2) is 48.3 Å². The fourth-order valence-corrected chi connectivity index (χ4v) is 2.58. The number of hydrogen-bond acceptors (Lipinski definition) is 5. The van der Waals surface area contributed by atoms with Crippen LogP contribution >= 0.6 is 0 Å². The summed E-state index contributed by atoms with van der Waals surface area (Å²) in [5, 5.41) is 10.2. The van der Waals surface area contributed by atoms with Crippen molar-refractivity contribution >= 4 is 40.8 Å². The van der Waals surface area contributed by atoms with Gasteiger partial charge in [-0.3, -0.25) is 24.6 Å². The van der Waals surface area contributed by atoms with E-state index in [4.69, 9.17) is 0 Å². The molecule has 30 heavy (non-hydrogen) atoms. The summed E-state index contributed by atoms with van der Waals surface area (Å²) in [7, 11) is 0. The maximum Gasteiger partial charge on any atom is 0.325 e. The van der Waals surface area contributed by atoms with Crippen LogP contribution in [0.4, 0.5) is 21.9 Å². The minimum atomic E-state index is -0.633. The van der Waals surface area contributed by atoms with Crippen molar-refractivity contribution in [2.24, 2.45) is 0 Å². The molecule has 0 saturated heterocycles. The standard InChI is InChI=1S/C21H25N5O4/c1-3-26(14-20(29)25-21(30)24-16-7-5-4-6-8-16)13-19(28)23-18-11-9-17(10-12-18)22-15(2)27/h4-12H,3,13-14H2,1-2H3,(H,22,27)(H,23,28)(H2,24,25,29,30). The quantitative estimate of drug-likeness (QED) is 0.531. The van der Waals surface area contributed by atoms with Gasteiger partial charge in [-0.1, -0.05) is 25.1 Å². The lowest BCUT2D eigenvalue weighted by Gasteiger charge is -2.19. The minimum Gasteiger partial charge on any atom is -0.326 e. The van der Waals surface area contributed by atoms with Crippen LogP contribution in [0.25, 0.3) is 0 Å². The molecule has 0 radical (unpaired) electrons. The summed E-state index contributed by atoms with van der Waals surface area (Å²) in [6, 6.07) is 14.8. The van der Waals surface area contributed by atoms with Crippen LogP contribution in [0.1, 0.15) is 13.8 Å². The van der Waals surface area contributed by atoms with Crippen LogP contribution in [0, 0.1) is 0 Å². The van der Waals surface area contributed by atoms with Gasteiger partial charge in [-0.15, -0.1) is 0 Å². The molecule has 5 amide bonds. The summed E-state index contributed by atoms with van der Waals surface area (Å²) in [5.74, 6) is -0.996. The van der Waals surface area contributed by atoms with E-state index in [1.54, 1.807) is 53.4 Å². The molecule has 0 spiro atoms. The number of nitrogens with zero attached hydrogens (tertiary/aromatic N) is 1. The largest absolute Gasteiger partial charge is 0.326 e. The summed E-state index contributed by atoms with van der Waals surface area (Å²) < 4.78 is 0. The molecule has 0 aliphatic heterocycles. The molecule has 0 unspecified atom stereocenters. The number of rotatable bonds is 8. The number of hydrogen-bond donors (Lipinski definition) is 4. The minimum absolute atomic E-state index is 0.0162. The first kappa shape index (κ1) is 22.6.